The van der Waals surface area contributed by atoms with E-state index in [1.54, 1.807) is 14.2 Å². The maximum absolute atomic E-state index is 10.4. The molecule has 17 heavy (non-hydrogen) atoms. The summed E-state index contributed by atoms with van der Waals surface area (Å²) in [4.78, 5) is 0. The SMILES string of the molecule is COc1ccc(OC)c(CC2(O)CCNC2)c1. The monoisotopic (exact) mass is 237 g/mol. The summed E-state index contributed by atoms with van der Waals surface area (Å²) in [5, 5.41) is 13.5. The van der Waals surface area contributed by atoms with Gasteiger partial charge in [0.25, 0.3) is 0 Å². The first-order valence-corrected chi connectivity index (χ1v) is 5.81. The first-order valence-electron chi connectivity index (χ1n) is 5.81. The van der Waals surface area contributed by atoms with Crippen LogP contribution in [0, 0.1) is 0 Å². The number of rotatable bonds is 4. The number of hydrogen-bond acceptors (Lipinski definition) is 4. The smallest absolute Gasteiger partial charge is 0.122 e. The maximum atomic E-state index is 10.4. The van der Waals surface area contributed by atoms with Gasteiger partial charge in [0.05, 0.1) is 19.8 Å². The van der Waals surface area contributed by atoms with E-state index in [2.05, 4.69) is 5.32 Å². The molecule has 0 spiro atoms. The molecule has 1 aliphatic heterocycles. The van der Waals surface area contributed by atoms with E-state index in [1.165, 1.54) is 0 Å². The Kier molecular flexibility index (Phi) is 3.54. The van der Waals surface area contributed by atoms with E-state index in [0.717, 1.165) is 30.0 Å². The van der Waals surface area contributed by atoms with Gasteiger partial charge in [0, 0.05) is 18.5 Å². The Labute approximate surface area is 102 Å². The first kappa shape index (κ1) is 12.2. The number of β-amino-alcohol motifs (C(OH)–C–C–N with tert-alkyl or cyclic N) is 1. The third-order valence-corrected chi connectivity index (χ3v) is 3.23. The maximum Gasteiger partial charge on any atom is 0.122 e. The molecule has 0 bridgehead atoms. The molecule has 1 heterocycles. The molecule has 0 aliphatic carbocycles. The molecule has 4 heteroatoms. The fourth-order valence-electron chi connectivity index (χ4n) is 2.26. The van der Waals surface area contributed by atoms with E-state index in [1.807, 2.05) is 18.2 Å². The summed E-state index contributed by atoms with van der Waals surface area (Å²) in [6.07, 6.45) is 1.35. The van der Waals surface area contributed by atoms with E-state index in [4.69, 9.17) is 9.47 Å². The van der Waals surface area contributed by atoms with Crippen LogP contribution in [0.15, 0.2) is 18.2 Å². The fourth-order valence-corrected chi connectivity index (χ4v) is 2.26. The summed E-state index contributed by atoms with van der Waals surface area (Å²) in [5.74, 6) is 1.58. The largest absolute Gasteiger partial charge is 0.497 e. The van der Waals surface area contributed by atoms with Crippen LogP contribution in [0.25, 0.3) is 0 Å². The third-order valence-electron chi connectivity index (χ3n) is 3.23. The Hall–Kier alpha value is -1.26. The van der Waals surface area contributed by atoms with Crippen LogP contribution >= 0.6 is 0 Å². The Morgan fingerprint density at radius 2 is 2.18 bits per heavy atom. The average molecular weight is 237 g/mol. The van der Waals surface area contributed by atoms with Crippen molar-refractivity contribution in [3.8, 4) is 11.5 Å². The van der Waals surface area contributed by atoms with Crippen molar-refractivity contribution in [1.29, 1.82) is 0 Å². The van der Waals surface area contributed by atoms with Gasteiger partial charge in [-0.3, -0.25) is 0 Å². The quantitative estimate of drug-likeness (QED) is 0.819. The van der Waals surface area contributed by atoms with Crippen molar-refractivity contribution in [3.05, 3.63) is 23.8 Å². The molecular weight excluding hydrogens is 218 g/mol. The van der Waals surface area contributed by atoms with Gasteiger partial charge in [0.15, 0.2) is 0 Å². The molecule has 1 saturated heterocycles. The van der Waals surface area contributed by atoms with Crippen LogP contribution in [0.4, 0.5) is 0 Å². The summed E-state index contributed by atoms with van der Waals surface area (Å²) in [6.45, 7) is 1.50. The molecule has 1 atom stereocenters. The predicted octanol–water partition coefficient (Wildman–Crippen LogP) is 0.971. The highest BCUT2D eigenvalue weighted by atomic mass is 16.5. The molecule has 0 saturated carbocycles. The summed E-state index contributed by atoms with van der Waals surface area (Å²) in [5.41, 5.74) is 0.317. The molecule has 4 nitrogen and oxygen atoms in total. The zero-order valence-corrected chi connectivity index (χ0v) is 10.3. The molecule has 94 valence electrons. The molecule has 1 fully saturated rings. The molecule has 0 aromatic heterocycles. The van der Waals surface area contributed by atoms with E-state index >= 15 is 0 Å². The van der Waals surface area contributed by atoms with Gasteiger partial charge in [-0.25, -0.2) is 0 Å². The van der Waals surface area contributed by atoms with Crippen LogP contribution in [-0.4, -0.2) is 38.0 Å². The number of aliphatic hydroxyl groups is 1. The van der Waals surface area contributed by atoms with Crippen molar-refractivity contribution in [1.82, 2.24) is 5.32 Å². The lowest BCUT2D eigenvalue weighted by Crippen LogP contribution is -2.33. The predicted molar refractivity (Wildman–Crippen MR) is 65.7 cm³/mol. The molecule has 1 aliphatic rings. The third kappa shape index (κ3) is 2.70. The lowest BCUT2D eigenvalue weighted by atomic mass is 9.93. The minimum atomic E-state index is -0.667. The Bertz CT molecular complexity index is 386. The zero-order chi connectivity index (χ0) is 12.3. The number of benzene rings is 1. The summed E-state index contributed by atoms with van der Waals surface area (Å²) in [7, 11) is 3.28. The summed E-state index contributed by atoms with van der Waals surface area (Å²) in [6, 6.07) is 5.66. The standard InChI is InChI=1S/C13H19NO3/c1-16-11-3-4-12(17-2)10(7-11)8-13(15)5-6-14-9-13/h3-4,7,14-15H,5-6,8-9H2,1-2H3. The van der Waals surface area contributed by atoms with E-state index in [9.17, 15) is 5.11 Å². The molecule has 1 aromatic carbocycles. The van der Waals surface area contributed by atoms with E-state index < -0.39 is 5.60 Å². The van der Waals surface area contributed by atoms with Crippen molar-refractivity contribution in [2.75, 3.05) is 27.3 Å². The van der Waals surface area contributed by atoms with Gasteiger partial charge in [-0.2, -0.15) is 0 Å². The van der Waals surface area contributed by atoms with Gasteiger partial charge >= 0.3 is 0 Å². The van der Waals surface area contributed by atoms with Gasteiger partial charge < -0.3 is 19.9 Å². The van der Waals surface area contributed by atoms with E-state index in [0.29, 0.717) is 13.0 Å². The van der Waals surface area contributed by atoms with Gasteiger partial charge in [0.1, 0.15) is 11.5 Å². The number of ether oxygens (including phenoxy) is 2. The van der Waals surface area contributed by atoms with Crippen LogP contribution < -0.4 is 14.8 Å². The van der Waals surface area contributed by atoms with Crippen LogP contribution in [0.2, 0.25) is 0 Å². The molecule has 0 amide bonds. The second-order valence-corrected chi connectivity index (χ2v) is 4.51. The average Bonchev–Trinajstić information content (AvgIpc) is 2.75. The molecule has 2 rings (SSSR count). The van der Waals surface area contributed by atoms with Crippen molar-refractivity contribution in [3.63, 3.8) is 0 Å². The normalized spacial score (nSPS) is 23.7. The van der Waals surface area contributed by atoms with Gasteiger partial charge in [-0.15, -0.1) is 0 Å². The van der Waals surface area contributed by atoms with Gasteiger partial charge in [-0.1, -0.05) is 0 Å². The van der Waals surface area contributed by atoms with Crippen molar-refractivity contribution in [2.24, 2.45) is 0 Å². The Balaban J connectivity index is 2.23. The second-order valence-electron chi connectivity index (χ2n) is 4.51. The number of methoxy groups -OCH3 is 2. The van der Waals surface area contributed by atoms with Crippen molar-refractivity contribution in [2.45, 2.75) is 18.4 Å². The van der Waals surface area contributed by atoms with Crippen LogP contribution in [0.3, 0.4) is 0 Å². The highest BCUT2D eigenvalue weighted by Gasteiger charge is 2.32. The van der Waals surface area contributed by atoms with Crippen molar-refractivity contribution < 1.29 is 14.6 Å². The highest BCUT2D eigenvalue weighted by Crippen LogP contribution is 2.29. The van der Waals surface area contributed by atoms with Gasteiger partial charge in [-0.05, 0) is 31.2 Å². The van der Waals surface area contributed by atoms with Crippen LogP contribution in [0.1, 0.15) is 12.0 Å². The van der Waals surface area contributed by atoms with E-state index in [-0.39, 0.29) is 0 Å². The molecule has 0 radical (unpaired) electrons. The van der Waals surface area contributed by atoms with Crippen LogP contribution in [0.5, 0.6) is 11.5 Å². The minimum Gasteiger partial charge on any atom is -0.497 e. The minimum absolute atomic E-state index is 0.584. The lowest BCUT2D eigenvalue weighted by Gasteiger charge is -2.22. The summed E-state index contributed by atoms with van der Waals surface area (Å²) >= 11 is 0. The molecule has 1 aromatic rings. The van der Waals surface area contributed by atoms with Crippen LogP contribution in [-0.2, 0) is 6.42 Å². The highest BCUT2D eigenvalue weighted by molar-refractivity contribution is 5.41. The second kappa shape index (κ2) is 4.94. The van der Waals surface area contributed by atoms with Crippen molar-refractivity contribution >= 4 is 0 Å². The number of nitrogens with one attached hydrogen (secondary N) is 1. The topological polar surface area (TPSA) is 50.7 Å². The Morgan fingerprint density at radius 3 is 2.76 bits per heavy atom. The molecular formula is C13H19NO3. The van der Waals surface area contributed by atoms with Gasteiger partial charge in [0.2, 0.25) is 0 Å². The molecule has 1 unspecified atom stereocenters. The molecule has 2 N–H and O–H groups in total. The summed E-state index contributed by atoms with van der Waals surface area (Å²) < 4.78 is 10.5. The number of hydrogen-bond donors (Lipinski definition) is 2. The first-order chi connectivity index (χ1) is 8.17. The zero-order valence-electron chi connectivity index (χ0n) is 10.3. The lowest BCUT2D eigenvalue weighted by molar-refractivity contribution is 0.0612. The fraction of sp³-hybridized carbons (Fsp3) is 0.538. The Morgan fingerprint density at radius 1 is 1.35 bits per heavy atom.